The minimum absolute atomic E-state index is 0.465. The normalized spacial score (nSPS) is 11.3. The van der Waals surface area contributed by atoms with Gasteiger partial charge in [-0.1, -0.05) is 84.9 Å². The van der Waals surface area contributed by atoms with Crippen molar-refractivity contribution in [2.75, 3.05) is 0 Å². The van der Waals surface area contributed by atoms with Gasteiger partial charge in [-0.25, -0.2) is 9.36 Å². The van der Waals surface area contributed by atoms with E-state index in [9.17, 15) is 0 Å². The van der Waals surface area contributed by atoms with Gasteiger partial charge in [0.2, 0.25) is 11.6 Å². The van der Waals surface area contributed by atoms with E-state index < -0.39 is 0 Å². The van der Waals surface area contributed by atoms with Crippen LogP contribution in [0.3, 0.4) is 0 Å². The first-order chi connectivity index (χ1) is 24.6. The van der Waals surface area contributed by atoms with Crippen LogP contribution in [0.15, 0.2) is 141 Å². The summed E-state index contributed by atoms with van der Waals surface area (Å²) in [5.41, 5.74) is 5.35. The lowest BCUT2D eigenvalue weighted by atomic mass is 10.2. The van der Waals surface area contributed by atoms with E-state index >= 15 is 0 Å². The fourth-order valence-corrected chi connectivity index (χ4v) is 8.54. The van der Waals surface area contributed by atoms with Crippen molar-refractivity contribution < 1.29 is 0 Å². The van der Waals surface area contributed by atoms with Crippen molar-refractivity contribution in [3.63, 3.8) is 0 Å². The number of para-hydroxylation sites is 2. The second-order valence-corrected chi connectivity index (χ2v) is 14.7. The van der Waals surface area contributed by atoms with Crippen molar-refractivity contribution in [2.45, 2.75) is 23.1 Å². The van der Waals surface area contributed by atoms with Crippen LogP contribution in [0.1, 0.15) is 11.1 Å². The Hall–Kier alpha value is -4.90. The number of hydrogen-bond acceptors (Lipinski definition) is 10. The first-order valence-corrected chi connectivity index (χ1v) is 19.0. The molecule has 50 heavy (non-hydrogen) atoms. The molecule has 0 saturated carbocycles. The highest BCUT2D eigenvalue weighted by molar-refractivity contribution is 9.11. The molecule has 4 aromatic heterocycles. The van der Waals surface area contributed by atoms with Gasteiger partial charge in [0.1, 0.15) is 10.1 Å². The highest BCUT2D eigenvalue weighted by atomic mass is 79.9. The Balaban J connectivity index is 1.18. The summed E-state index contributed by atoms with van der Waals surface area (Å²) in [5, 5.41) is 38.3. The molecule has 0 aliphatic carbocycles. The smallest absolute Gasteiger partial charge is 0.209 e. The summed E-state index contributed by atoms with van der Waals surface area (Å²) in [6.45, 7) is 0.992. The molecule has 16 heteroatoms. The number of tetrazole rings is 2. The average molecular weight is 825 g/mol. The molecule has 0 saturated heterocycles. The predicted octanol–water partition coefficient (Wildman–Crippen LogP) is 7.79. The van der Waals surface area contributed by atoms with Crippen LogP contribution in [0.5, 0.6) is 0 Å². The maximum Gasteiger partial charge on any atom is 0.209 e. The van der Waals surface area contributed by atoms with Gasteiger partial charge in [0.15, 0.2) is 0 Å². The molecule has 0 spiro atoms. The lowest BCUT2D eigenvalue weighted by molar-refractivity contribution is 0.573. The molecule has 0 aliphatic heterocycles. The Morgan fingerprint density at radius 1 is 0.500 bits per heavy atom. The predicted molar refractivity (Wildman–Crippen MR) is 199 cm³/mol. The van der Waals surface area contributed by atoms with Crippen LogP contribution in [-0.2, 0) is 13.1 Å². The second-order valence-electron chi connectivity index (χ2n) is 10.9. The Labute approximate surface area is 310 Å². The van der Waals surface area contributed by atoms with Crippen molar-refractivity contribution in [3.8, 4) is 34.2 Å². The van der Waals surface area contributed by atoms with Gasteiger partial charge in [-0.2, -0.15) is 19.8 Å². The van der Waals surface area contributed by atoms with Gasteiger partial charge in [0.05, 0.1) is 48.0 Å². The van der Waals surface area contributed by atoms with E-state index in [-0.39, 0.29) is 0 Å². The molecule has 4 aromatic carbocycles. The summed E-state index contributed by atoms with van der Waals surface area (Å²) in [4.78, 5) is 3.18. The molecule has 0 aliphatic rings. The lowest BCUT2D eigenvalue weighted by Gasteiger charge is -2.12. The minimum atomic E-state index is 0.465. The van der Waals surface area contributed by atoms with E-state index in [2.05, 4.69) is 52.5 Å². The first-order valence-electron chi connectivity index (χ1n) is 15.3. The van der Waals surface area contributed by atoms with Crippen LogP contribution in [0, 0.1) is 0 Å². The van der Waals surface area contributed by atoms with Gasteiger partial charge in [0.25, 0.3) is 0 Å². The van der Waals surface area contributed by atoms with Crippen LogP contribution in [0.25, 0.3) is 34.2 Å². The molecule has 0 amide bonds. The van der Waals surface area contributed by atoms with E-state index in [0.717, 1.165) is 52.6 Å². The van der Waals surface area contributed by atoms with Gasteiger partial charge in [0, 0.05) is 8.95 Å². The van der Waals surface area contributed by atoms with Crippen molar-refractivity contribution in [1.82, 2.24) is 60.0 Å². The zero-order chi connectivity index (χ0) is 33.9. The topological polar surface area (TPSA) is 123 Å². The number of nitrogens with zero attached hydrogens (tertiary/aromatic N) is 12. The van der Waals surface area contributed by atoms with Gasteiger partial charge in [-0.05, 0) is 99.3 Å². The zero-order valence-electron chi connectivity index (χ0n) is 25.9. The van der Waals surface area contributed by atoms with E-state index in [1.807, 2.05) is 119 Å². The molecule has 8 aromatic rings. The molecule has 246 valence electrons. The van der Waals surface area contributed by atoms with Crippen LogP contribution in [0.4, 0.5) is 0 Å². The van der Waals surface area contributed by atoms with E-state index in [1.54, 1.807) is 22.0 Å². The monoisotopic (exact) mass is 822 g/mol. The van der Waals surface area contributed by atoms with E-state index in [1.165, 1.54) is 21.6 Å². The fraction of sp³-hybridized carbons (Fsp3) is 0.0588. The molecule has 0 atom stereocenters. The number of rotatable bonds is 11. The molecule has 12 nitrogen and oxygen atoms in total. The van der Waals surface area contributed by atoms with Crippen LogP contribution in [0.2, 0.25) is 0 Å². The molecule has 4 heterocycles. The van der Waals surface area contributed by atoms with Crippen LogP contribution < -0.4 is 0 Å². The molecule has 0 N–H and O–H groups in total. The highest BCUT2D eigenvalue weighted by Gasteiger charge is 2.25. The SMILES string of the molecule is Brc1ccccc1-n1ncc(-c2nnn(Cc3ccccc3)n2)c1SSc1c(-c2nnn(Cc3ccccc3)n2)cnn1-c1ccccc1Br. The summed E-state index contributed by atoms with van der Waals surface area (Å²) in [7, 11) is 3.01. The first kappa shape index (κ1) is 32.3. The Morgan fingerprint density at radius 2 is 0.900 bits per heavy atom. The zero-order valence-corrected chi connectivity index (χ0v) is 30.7. The third kappa shape index (κ3) is 6.79. The van der Waals surface area contributed by atoms with E-state index in [4.69, 9.17) is 20.4 Å². The Kier molecular flexibility index (Phi) is 9.39. The average Bonchev–Trinajstić information content (AvgIpc) is 3.96. The summed E-state index contributed by atoms with van der Waals surface area (Å²) < 4.78 is 5.53. The summed E-state index contributed by atoms with van der Waals surface area (Å²) in [6.07, 6.45) is 3.55. The summed E-state index contributed by atoms with van der Waals surface area (Å²) in [6, 6.07) is 35.9. The van der Waals surface area contributed by atoms with Crippen molar-refractivity contribution in [1.29, 1.82) is 0 Å². The third-order valence-electron chi connectivity index (χ3n) is 7.53. The third-order valence-corrected chi connectivity index (χ3v) is 11.3. The van der Waals surface area contributed by atoms with Crippen molar-refractivity contribution >= 4 is 53.4 Å². The number of aromatic nitrogens is 12. The summed E-state index contributed by atoms with van der Waals surface area (Å²) in [5.74, 6) is 0.930. The molecule has 0 radical (unpaired) electrons. The molecule has 0 unspecified atom stereocenters. The van der Waals surface area contributed by atoms with Crippen molar-refractivity contribution in [2.24, 2.45) is 0 Å². The summed E-state index contributed by atoms with van der Waals surface area (Å²) >= 11 is 7.42. The Bertz CT molecular complexity index is 2220. The quantitative estimate of drug-likeness (QED) is 0.120. The van der Waals surface area contributed by atoms with Crippen LogP contribution in [-0.4, -0.2) is 60.0 Å². The van der Waals surface area contributed by atoms with Gasteiger partial charge in [-0.3, -0.25) is 0 Å². The largest absolute Gasteiger partial charge is 0.224 e. The van der Waals surface area contributed by atoms with Crippen molar-refractivity contribution in [3.05, 3.63) is 142 Å². The highest BCUT2D eigenvalue weighted by Crippen LogP contribution is 2.46. The van der Waals surface area contributed by atoms with Gasteiger partial charge in [-0.15, -0.1) is 20.4 Å². The molecule has 0 fully saturated rings. The molecule has 0 bridgehead atoms. The van der Waals surface area contributed by atoms with Gasteiger partial charge < -0.3 is 0 Å². The van der Waals surface area contributed by atoms with E-state index in [0.29, 0.717) is 24.7 Å². The number of halogens is 2. The minimum Gasteiger partial charge on any atom is -0.224 e. The second kappa shape index (κ2) is 14.5. The number of benzene rings is 4. The number of hydrogen-bond donors (Lipinski definition) is 0. The van der Waals surface area contributed by atoms with Crippen LogP contribution >= 0.6 is 53.4 Å². The Morgan fingerprint density at radius 3 is 1.32 bits per heavy atom. The molecular formula is C34H24Br2N12S2. The molecule has 8 rings (SSSR count). The van der Waals surface area contributed by atoms with Gasteiger partial charge >= 0.3 is 0 Å². The maximum atomic E-state index is 4.80. The lowest BCUT2D eigenvalue weighted by Crippen LogP contribution is -2.04. The molecular weight excluding hydrogens is 800 g/mol. The standard InChI is InChI=1S/C34H24Br2N12S2/c35-27-15-7-9-17-29(27)47-33(25(19-37-47)31-39-43-45(41-31)21-23-11-3-1-4-12-23)49-50-34-26(20-38-48(34)30-18-10-8-16-28(30)36)32-40-44-46(42-32)22-24-13-5-2-6-14-24/h1-20H,21-22H2. The maximum absolute atomic E-state index is 4.80. The fourth-order valence-electron chi connectivity index (χ4n) is 5.14.